The molecule has 1 aliphatic rings. The Morgan fingerprint density at radius 1 is 1.12 bits per heavy atom. The molecule has 0 unspecified atom stereocenters. The summed E-state index contributed by atoms with van der Waals surface area (Å²) in [6, 6.07) is 6.41. The Hall–Kier alpha value is -2.37. The molecule has 7 nitrogen and oxygen atoms in total. The first kappa shape index (κ1) is 25.9. The fourth-order valence-electron chi connectivity index (χ4n) is 3.37. The number of alkyl halides is 3. The van der Waals surface area contributed by atoms with Gasteiger partial charge in [-0.3, -0.25) is 9.78 Å². The van der Waals surface area contributed by atoms with Crippen molar-refractivity contribution in [3.05, 3.63) is 53.9 Å². The summed E-state index contributed by atoms with van der Waals surface area (Å²) < 4.78 is 65.2. The average Bonchev–Trinajstić information content (AvgIpc) is 2.72. The molecule has 3 rings (SSSR count). The van der Waals surface area contributed by atoms with Gasteiger partial charge in [-0.25, -0.2) is 8.42 Å². The van der Waals surface area contributed by atoms with E-state index in [1.165, 1.54) is 4.31 Å². The summed E-state index contributed by atoms with van der Waals surface area (Å²) in [5.74, 6) is -0.303. The summed E-state index contributed by atoms with van der Waals surface area (Å²) >= 11 is 0. The van der Waals surface area contributed by atoms with Gasteiger partial charge in [0.2, 0.25) is 10.0 Å². The highest BCUT2D eigenvalue weighted by molar-refractivity contribution is 7.89. The van der Waals surface area contributed by atoms with Gasteiger partial charge in [-0.05, 0) is 43.3 Å². The number of nitrogens with zero attached hydrogens (tertiary/aromatic N) is 4. The molecule has 1 amide bonds. The maximum absolute atomic E-state index is 12.9. The number of carbonyl (C=O) groups excluding carboxylic acids is 1. The van der Waals surface area contributed by atoms with Crippen LogP contribution in [0.1, 0.15) is 23.0 Å². The van der Waals surface area contributed by atoms with Crippen molar-refractivity contribution in [1.29, 1.82) is 0 Å². The van der Waals surface area contributed by atoms with Gasteiger partial charge in [0.05, 0.1) is 10.5 Å². The lowest BCUT2D eigenvalue weighted by atomic mass is 10.2. The number of sulfonamides is 1. The van der Waals surface area contributed by atoms with Crippen molar-refractivity contribution in [3.8, 4) is 0 Å². The summed E-state index contributed by atoms with van der Waals surface area (Å²) in [7, 11) is -0.295. The van der Waals surface area contributed by atoms with Crippen molar-refractivity contribution in [2.45, 2.75) is 24.0 Å². The topological polar surface area (TPSA) is 73.8 Å². The zero-order valence-corrected chi connectivity index (χ0v) is 19.3. The first-order valence-electron chi connectivity index (χ1n) is 9.53. The van der Waals surface area contributed by atoms with Crippen LogP contribution in [-0.2, 0) is 16.2 Å². The van der Waals surface area contributed by atoms with Gasteiger partial charge in [0, 0.05) is 51.7 Å². The van der Waals surface area contributed by atoms with E-state index in [4.69, 9.17) is 0 Å². The molecule has 1 fully saturated rings. The Balaban J connectivity index is 0.00000363. The normalized spacial score (nSPS) is 17.6. The van der Waals surface area contributed by atoms with Crippen molar-refractivity contribution in [1.82, 2.24) is 14.2 Å². The minimum atomic E-state index is -4.54. The highest BCUT2D eigenvalue weighted by Crippen LogP contribution is 2.30. The molecular formula is C20H24ClF3N4O3S. The highest BCUT2D eigenvalue weighted by Gasteiger charge is 2.36. The van der Waals surface area contributed by atoms with Crippen molar-refractivity contribution in [3.63, 3.8) is 0 Å². The molecule has 0 bridgehead atoms. The Bertz CT molecular complexity index is 1060. The van der Waals surface area contributed by atoms with Crippen LogP contribution < -0.4 is 4.90 Å². The number of amides is 1. The Morgan fingerprint density at radius 2 is 1.75 bits per heavy atom. The number of pyridine rings is 1. The second-order valence-electron chi connectivity index (χ2n) is 7.53. The summed E-state index contributed by atoms with van der Waals surface area (Å²) in [6.07, 6.45) is -3.00. The molecule has 176 valence electrons. The number of hydrogen-bond donors (Lipinski definition) is 0. The van der Waals surface area contributed by atoms with Crippen LogP contribution in [-0.4, -0.2) is 68.3 Å². The van der Waals surface area contributed by atoms with Crippen molar-refractivity contribution in [2.75, 3.05) is 38.6 Å². The van der Waals surface area contributed by atoms with Crippen LogP contribution in [0.3, 0.4) is 0 Å². The van der Waals surface area contributed by atoms with Crippen LogP contribution in [0.2, 0.25) is 0 Å². The molecule has 0 spiro atoms. The first-order chi connectivity index (χ1) is 14.4. The summed E-state index contributed by atoms with van der Waals surface area (Å²) in [5, 5.41) is 0. The van der Waals surface area contributed by atoms with E-state index in [1.54, 1.807) is 30.2 Å². The largest absolute Gasteiger partial charge is 0.416 e. The van der Waals surface area contributed by atoms with Crippen molar-refractivity contribution < 1.29 is 26.4 Å². The second-order valence-corrected chi connectivity index (χ2v) is 9.46. The van der Waals surface area contributed by atoms with Crippen LogP contribution in [0.25, 0.3) is 0 Å². The lowest BCUT2D eigenvalue weighted by Crippen LogP contribution is -2.55. The number of carbonyl (C=O) groups is 1. The minimum Gasteiger partial charge on any atom is -0.378 e. The molecule has 0 radical (unpaired) electrons. The number of benzene rings is 1. The van der Waals surface area contributed by atoms with Crippen LogP contribution >= 0.6 is 12.4 Å². The SMILES string of the molecule is C[C@H]1CN(S(=O)(=O)c2ccc(C(F)(F)F)cc2)CCN1C(=O)c1cc(N(C)C)ccn1.Cl. The fraction of sp³-hybridized carbons (Fsp3) is 0.400. The molecule has 1 aliphatic heterocycles. The molecule has 1 aromatic heterocycles. The number of halogens is 4. The first-order valence-corrected chi connectivity index (χ1v) is 11.0. The van der Waals surface area contributed by atoms with Gasteiger partial charge in [0.25, 0.3) is 5.91 Å². The van der Waals surface area contributed by atoms with E-state index in [2.05, 4.69) is 4.98 Å². The standard InChI is InChI=1S/C20H23F3N4O3S.ClH/c1-14-13-26(31(29,30)17-6-4-15(5-7-17)20(21,22)23)10-11-27(14)19(28)18-12-16(25(2)3)8-9-24-18;/h4-9,12,14H,10-11,13H2,1-3H3;1H/t14-;/m0./s1. The smallest absolute Gasteiger partial charge is 0.378 e. The number of anilines is 1. The van der Waals surface area contributed by atoms with E-state index in [0.29, 0.717) is 0 Å². The lowest BCUT2D eigenvalue weighted by molar-refractivity contribution is -0.137. The Morgan fingerprint density at radius 3 is 2.28 bits per heavy atom. The summed E-state index contributed by atoms with van der Waals surface area (Å²) in [6.45, 7) is 1.94. The van der Waals surface area contributed by atoms with Crippen LogP contribution in [0.4, 0.5) is 18.9 Å². The zero-order valence-electron chi connectivity index (χ0n) is 17.7. The van der Waals surface area contributed by atoms with E-state index in [0.717, 1.165) is 30.0 Å². The molecule has 0 saturated carbocycles. The number of rotatable bonds is 4. The quantitative estimate of drug-likeness (QED) is 0.655. The molecule has 12 heteroatoms. The van der Waals surface area contributed by atoms with E-state index >= 15 is 0 Å². The van der Waals surface area contributed by atoms with Gasteiger partial charge in [-0.1, -0.05) is 0 Å². The molecule has 1 atom stereocenters. The van der Waals surface area contributed by atoms with Gasteiger partial charge < -0.3 is 9.80 Å². The zero-order chi connectivity index (χ0) is 23.0. The van der Waals surface area contributed by atoms with Gasteiger partial charge in [0.15, 0.2) is 0 Å². The third kappa shape index (κ3) is 5.33. The fourth-order valence-corrected chi connectivity index (χ4v) is 4.88. The molecule has 1 saturated heterocycles. The Labute approximate surface area is 191 Å². The van der Waals surface area contributed by atoms with Gasteiger partial charge in [-0.15, -0.1) is 12.4 Å². The van der Waals surface area contributed by atoms with Crippen molar-refractivity contribution in [2.24, 2.45) is 0 Å². The minimum absolute atomic E-state index is 0. The maximum Gasteiger partial charge on any atom is 0.416 e. The molecule has 0 aliphatic carbocycles. The van der Waals surface area contributed by atoms with E-state index in [1.807, 2.05) is 19.0 Å². The average molecular weight is 493 g/mol. The predicted molar refractivity (Wildman–Crippen MR) is 117 cm³/mol. The van der Waals surface area contributed by atoms with Crippen molar-refractivity contribution >= 4 is 34.0 Å². The number of piperazine rings is 1. The molecular weight excluding hydrogens is 469 g/mol. The van der Waals surface area contributed by atoms with E-state index in [9.17, 15) is 26.4 Å². The highest BCUT2D eigenvalue weighted by atomic mass is 35.5. The number of hydrogen-bond acceptors (Lipinski definition) is 5. The van der Waals surface area contributed by atoms with E-state index in [-0.39, 0.29) is 48.5 Å². The molecule has 32 heavy (non-hydrogen) atoms. The van der Waals surface area contributed by atoms with Gasteiger partial charge in [0.1, 0.15) is 5.69 Å². The summed E-state index contributed by atoms with van der Waals surface area (Å²) in [4.78, 5) is 20.2. The van der Waals surface area contributed by atoms with Crippen LogP contribution in [0.5, 0.6) is 0 Å². The van der Waals surface area contributed by atoms with Gasteiger partial charge >= 0.3 is 6.18 Å². The predicted octanol–water partition coefficient (Wildman–Crippen LogP) is 3.12. The number of aromatic nitrogens is 1. The van der Waals surface area contributed by atoms with Crippen LogP contribution in [0, 0.1) is 0 Å². The molecule has 1 aromatic carbocycles. The maximum atomic E-state index is 12.9. The van der Waals surface area contributed by atoms with Gasteiger partial charge in [-0.2, -0.15) is 17.5 Å². The third-order valence-electron chi connectivity index (χ3n) is 5.15. The lowest BCUT2D eigenvalue weighted by Gasteiger charge is -2.39. The molecule has 2 heterocycles. The second kappa shape index (κ2) is 9.63. The molecule has 0 N–H and O–H groups in total. The third-order valence-corrected chi connectivity index (χ3v) is 7.03. The Kier molecular flexibility index (Phi) is 7.79. The van der Waals surface area contributed by atoms with Crippen LogP contribution in [0.15, 0.2) is 47.5 Å². The summed E-state index contributed by atoms with van der Waals surface area (Å²) in [5.41, 5.74) is 0.161. The molecule has 2 aromatic rings. The van der Waals surface area contributed by atoms with E-state index < -0.39 is 27.8 Å². The monoisotopic (exact) mass is 492 g/mol.